The molecule has 1 aromatic heterocycles. The van der Waals surface area contributed by atoms with Gasteiger partial charge in [0.25, 0.3) is 0 Å². The molecule has 0 spiro atoms. The third-order valence-corrected chi connectivity index (χ3v) is 3.38. The highest BCUT2D eigenvalue weighted by molar-refractivity contribution is 6.06. The molecule has 0 fully saturated rings. The molecule has 0 radical (unpaired) electrons. The lowest BCUT2D eigenvalue weighted by Gasteiger charge is -2.24. The van der Waals surface area contributed by atoms with E-state index < -0.39 is 30.4 Å². The maximum atomic E-state index is 12.2. The summed E-state index contributed by atoms with van der Waals surface area (Å²) in [6.07, 6.45) is -3.01. The van der Waals surface area contributed by atoms with Crippen LogP contribution in [0.15, 0.2) is 0 Å². The largest absolute Gasteiger partial charge is 0.466 e. The number of ketones is 1. The Kier molecular flexibility index (Phi) is 4.63. The standard InChI is InChI=1S/C13H15N3O7/c1-2-23-10(18)5-9(17)11-7-6-15(12(19)20)4-3-8(7)16(14-11)13(21)22/h2-6H2,1H3,(H,19,20)(H,21,22). The second-order valence-corrected chi connectivity index (χ2v) is 4.83. The number of carbonyl (C=O) groups is 4. The topological polar surface area (TPSA) is 139 Å². The van der Waals surface area contributed by atoms with Gasteiger partial charge in [0, 0.05) is 18.5 Å². The molecule has 124 valence electrons. The van der Waals surface area contributed by atoms with Crippen LogP contribution in [0.25, 0.3) is 0 Å². The molecule has 2 N–H and O–H groups in total. The number of carbonyl (C=O) groups excluding carboxylic acids is 2. The minimum absolute atomic E-state index is 0.104. The zero-order valence-electron chi connectivity index (χ0n) is 12.3. The smallest absolute Gasteiger partial charge is 0.432 e. The van der Waals surface area contributed by atoms with Crippen LogP contribution >= 0.6 is 0 Å². The van der Waals surface area contributed by atoms with Gasteiger partial charge in [0.2, 0.25) is 0 Å². The van der Waals surface area contributed by atoms with Crippen LogP contribution in [0.5, 0.6) is 0 Å². The summed E-state index contributed by atoms with van der Waals surface area (Å²) in [6, 6.07) is 0. The van der Waals surface area contributed by atoms with Crippen molar-refractivity contribution in [2.45, 2.75) is 26.3 Å². The van der Waals surface area contributed by atoms with Crippen molar-refractivity contribution in [1.82, 2.24) is 14.7 Å². The van der Waals surface area contributed by atoms with Gasteiger partial charge in [0.1, 0.15) is 12.1 Å². The number of aromatic nitrogens is 2. The predicted molar refractivity (Wildman–Crippen MR) is 73.4 cm³/mol. The number of carboxylic acid groups (broad SMARTS) is 2. The first-order valence-corrected chi connectivity index (χ1v) is 6.85. The first-order valence-electron chi connectivity index (χ1n) is 6.85. The molecule has 23 heavy (non-hydrogen) atoms. The van der Waals surface area contributed by atoms with Gasteiger partial charge in [-0.1, -0.05) is 0 Å². The first kappa shape index (κ1) is 16.5. The van der Waals surface area contributed by atoms with Crippen molar-refractivity contribution >= 4 is 23.9 Å². The number of hydrogen-bond acceptors (Lipinski definition) is 6. The number of nitrogens with zero attached hydrogens (tertiary/aromatic N) is 3. The van der Waals surface area contributed by atoms with E-state index in [1.165, 1.54) is 0 Å². The highest BCUT2D eigenvalue weighted by atomic mass is 16.5. The number of ether oxygens (including phenoxy) is 1. The van der Waals surface area contributed by atoms with Crippen LogP contribution in [0.3, 0.4) is 0 Å². The Hall–Kier alpha value is -2.91. The van der Waals surface area contributed by atoms with Gasteiger partial charge < -0.3 is 19.8 Å². The molecule has 10 heteroatoms. The van der Waals surface area contributed by atoms with Crippen LogP contribution < -0.4 is 0 Å². The number of hydrogen-bond donors (Lipinski definition) is 2. The van der Waals surface area contributed by atoms with E-state index in [-0.39, 0.29) is 43.1 Å². The summed E-state index contributed by atoms with van der Waals surface area (Å²) in [5, 5.41) is 21.9. The molecule has 1 aliphatic rings. The Bertz CT molecular complexity index is 679. The maximum absolute atomic E-state index is 12.2. The fourth-order valence-electron chi connectivity index (χ4n) is 2.39. The molecule has 10 nitrogen and oxygen atoms in total. The number of amides is 1. The molecule has 0 saturated heterocycles. The van der Waals surface area contributed by atoms with Crippen molar-refractivity contribution in [3.63, 3.8) is 0 Å². The van der Waals surface area contributed by atoms with Gasteiger partial charge in [-0.25, -0.2) is 9.59 Å². The molecular formula is C13H15N3O7. The molecule has 0 aliphatic carbocycles. The summed E-state index contributed by atoms with van der Waals surface area (Å²) >= 11 is 0. The molecule has 0 atom stereocenters. The van der Waals surface area contributed by atoms with Gasteiger partial charge in [0.05, 0.1) is 18.8 Å². The number of fused-ring (bicyclic) bond motifs is 1. The molecular weight excluding hydrogens is 310 g/mol. The Morgan fingerprint density at radius 2 is 1.91 bits per heavy atom. The lowest BCUT2D eigenvalue weighted by molar-refractivity contribution is -0.141. The third kappa shape index (κ3) is 3.30. The molecule has 1 amide bonds. The fourth-order valence-corrected chi connectivity index (χ4v) is 2.39. The van der Waals surface area contributed by atoms with Crippen molar-refractivity contribution in [3.8, 4) is 0 Å². The molecule has 0 bridgehead atoms. The zero-order valence-corrected chi connectivity index (χ0v) is 12.3. The Morgan fingerprint density at radius 3 is 2.48 bits per heavy atom. The Balaban J connectivity index is 2.36. The lowest BCUT2D eigenvalue weighted by Crippen LogP contribution is -2.36. The molecule has 0 aromatic carbocycles. The van der Waals surface area contributed by atoms with Gasteiger partial charge in [-0.2, -0.15) is 9.78 Å². The van der Waals surface area contributed by atoms with Gasteiger partial charge in [-0.05, 0) is 6.92 Å². The zero-order chi connectivity index (χ0) is 17.1. The second kappa shape index (κ2) is 6.46. The van der Waals surface area contributed by atoms with E-state index in [0.717, 1.165) is 4.90 Å². The number of esters is 1. The summed E-state index contributed by atoms with van der Waals surface area (Å²) < 4.78 is 5.34. The van der Waals surface area contributed by atoms with E-state index in [2.05, 4.69) is 9.84 Å². The monoisotopic (exact) mass is 325 g/mol. The van der Waals surface area contributed by atoms with Crippen molar-refractivity contribution in [2.75, 3.05) is 13.2 Å². The van der Waals surface area contributed by atoms with Crippen molar-refractivity contribution in [3.05, 3.63) is 17.0 Å². The highest BCUT2D eigenvalue weighted by Gasteiger charge is 2.32. The Labute approximate surface area is 130 Å². The van der Waals surface area contributed by atoms with E-state index in [1.54, 1.807) is 6.92 Å². The molecule has 2 heterocycles. The van der Waals surface area contributed by atoms with Crippen molar-refractivity contribution in [2.24, 2.45) is 0 Å². The average Bonchev–Trinajstić information content (AvgIpc) is 2.86. The number of rotatable bonds is 4. The van der Waals surface area contributed by atoms with Crippen LogP contribution in [0.4, 0.5) is 9.59 Å². The molecule has 0 saturated carbocycles. The van der Waals surface area contributed by atoms with Gasteiger partial charge >= 0.3 is 18.2 Å². The van der Waals surface area contributed by atoms with Gasteiger partial charge in [0.15, 0.2) is 5.78 Å². The summed E-state index contributed by atoms with van der Waals surface area (Å²) in [4.78, 5) is 46.9. The van der Waals surface area contributed by atoms with E-state index in [9.17, 15) is 19.2 Å². The van der Waals surface area contributed by atoms with E-state index in [0.29, 0.717) is 4.68 Å². The van der Waals surface area contributed by atoms with Crippen molar-refractivity contribution < 1.29 is 34.1 Å². The summed E-state index contributed by atoms with van der Waals surface area (Å²) in [6.45, 7) is 1.66. The van der Waals surface area contributed by atoms with Crippen LogP contribution in [-0.4, -0.2) is 62.0 Å². The summed E-state index contributed by atoms with van der Waals surface area (Å²) in [5.41, 5.74) is 0.277. The summed E-state index contributed by atoms with van der Waals surface area (Å²) in [7, 11) is 0. The predicted octanol–water partition coefficient (Wildman–Crippen LogP) is 0.581. The molecule has 0 unspecified atom stereocenters. The normalized spacial score (nSPS) is 13.3. The number of Topliss-reactive ketones (excluding diaryl/α,β-unsaturated/α-hetero) is 1. The molecule has 2 rings (SSSR count). The molecule has 1 aliphatic heterocycles. The van der Waals surface area contributed by atoms with Gasteiger partial charge in [-0.15, -0.1) is 0 Å². The molecule has 1 aromatic rings. The van der Waals surface area contributed by atoms with E-state index >= 15 is 0 Å². The maximum Gasteiger partial charge on any atom is 0.432 e. The van der Waals surface area contributed by atoms with Crippen LogP contribution in [0.2, 0.25) is 0 Å². The quantitative estimate of drug-likeness (QED) is 0.465. The fraction of sp³-hybridized carbons (Fsp3) is 0.462. The summed E-state index contributed by atoms with van der Waals surface area (Å²) in [5.74, 6) is -1.45. The first-order chi connectivity index (χ1) is 10.8. The van der Waals surface area contributed by atoms with Gasteiger partial charge in [-0.3, -0.25) is 9.59 Å². The van der Waals surface area contributed by atoms with Crippen molar-refractivity contribution in [1.29, 1.82) is 0 Å². The van der Waals surface area contributed by atoms with Crippen LogP contribution in [0.1, 0.15) is 35.1 Å². The minimum atomic E-state index is -1.37. The second-order valence-electron chi connectivity index (χ2n) is 4.83. The van der Waals surface area contributed by atoms with E-state index in [4.69, 9.17) is 10.2 Å². The Morgan fingerprint density at radius 1 is 1.22 bits per heavy atom. The third-order valence-electron chi connectivity index (χ3n) is 3.38. The van der Waals surface area contributed by atoms with Crippen LogP contribution in [0, 0.1) is 0 Å². The average molecular weight is 325 g/mol. The lowest BCUT2D eigenvalue weighted by atomic mass is 10.0. The highest BCUT2D eigenvalue weighted by Crippen LogP contribution is 2.24. The van der Waals surface area contributed by atoms with Crippen LogP contribution in [-0.2, 0) is 22.5 Å². The minimum Gasteiger partial charge on any atom is -0.466 e. The van der Waals surface area contributed by atoms with E-state index in [1.807, 2.05) is 0 Å². The SMILES string of the molecule is CCOC(=O)CC(=O)c1nn(C(=O)O)c2c1CN(C(=O)O)CC2.